The zero-order valence-corrected chi connectivity index (χ0v) is 18.6. The predicted octanol–water partition coefficient (Wildman–Crippen LogP) is 6.75. The van der Waals surface area contributed by atoms with Gasteiger partial charge in [-0.15, -0.1) is 0 Å². The Morgan fingerprint density at radius 2 is 0.879 bits per heavy atom. The van der Waals surface area contributed by atoms with E-state index >= 15 is 0 Å². The van der Waals surface area contributed by atoms with Crippen LogP contribution >= 0.6 is 0 Å². The van der Waals surface area contributed by atoms with E-state index in [1.54, 1.807) is 0 Å². The lowest BCUT2D eigenvalue weighted by Crippen LogP contribution is -2.03. The summed E-state index contributed by atoms with van der Waals surface area (Å²) >= 11 is 0. The van der Waals surface area contributed by atoms with Crippen LogP contribution in [-0.2, 0) is 24.1 Å². The Hall–Kier alpha value is -4.04. The van der Waals surface area contributed by atoms with Gasteiger partial charge in [-0.05, 0) is 57.4 Å². The number of allylic oxidation sites excluding steroid dienone is 1. The van der Waals surface area contributed by atoms with Gasteiger partial charge in [0.2, 0.25) is 0 Å². The van der Waals surface area contributed by atoms with E-state index in [2.05, 4.69) is 73.3 Å². The Morgan fingerprint density at radius 1 is 0.455 bits per heavy atom. The summed E-state index contributed by atoms with van der Waals surface area (Å²) in [6, 6.07) is 33.2. The molecule has 162 valence electrons. The highest BCUT2D eigenvalue weighted by Gasteiger charge is 2.18. The van der Waals surface area contributed by atoms with Crippen molar-refractivity contribution in [1.82, 2.24) is 0 Å². The predicted molar refractivity (Wildman–Crippen MR) is 135 cm³/mol. The zero-order chi connectivity index (χ0) is 23.2. The average molecular weight is 431 g/mol. The van der Waals surface area contributed by atoms with Crippen LogP contribution in [0.4, 0.5) is 0 Å². The third-order valence-corrected chi connectivity index (χ3v) is 6.19. The summed E-state index contributed by atoms with van der Waals surface area (Å²) in [6.45, 7) is 6.15. The monoisotopic (exact) mass is 430 g/mol. The van der Waals surface area contributed by atoms with Crippen molar-refractivity contribution in [2.75, 3.05) is 0 Å². The number of hydrogen-bond donors (Lipinski definition) is 0. The van der Waals surface area contributed by atoms with Crippen LogP contribution in [-0.4, -0.2) is 12.6 Å². The van der Waals surface area contributed by atoms with Crippen molar-refractivity contribution in [3.8, 4) is 11.1 Å². The molecule has 2 aliphatic rings. The molecular formula is C31H26O2. The molecule has 2 nitrogen and oxygen atoms in total. The highest BCUT2D eigenvalue weighted by atomic mass is 16.1. The van der Waals surface area contributed by atoms with Crippen LogP contribution in [0.15, 0.2) is 104 Å². The normalized spacial score (nSPS) is 12.8. The summed E-state index contributed by atoms with van der Waals surface area (Å²) in [5.74, 6) is 0.237. The van der Waals surface area contributed by atoms with Crippen LogP contribution < -0.4 is 0 Å². The first-order valence-electron chi connectivity index (χ1n) is 11.0. The van der Waals surface area contributed by atoms with E-state index in [0.717, 1.165) is 24.0 Å². The third-order valence-electron chi connectivity index (χ3n) is 6.19. The van der Waals surface area contributed by atoms with E-state index < -0.39 is 0 Å². The molecule has 0 saturated carbocycles. The maximum Gasteiger partial charge on any atom is 0.167 e. The van der Waals surface area contributed by atoms with E-state index in [4.69, 9.17) is 4.79 Å². The maximum absolute atomic E-state index is 12.1. The first-order valence-corrected chi connectivity index (χ1v) is 11.0. The van der Waals surface area contributed by atoms with Crippen LogP contribution in [0.1, 0.15) is 38.2 Å². The topological polar surface area (TPSA) is 34.1 Å². The van der Waals surface area contributed by atoms with Gasteiger partial charge >= 0.3 is 0 Å². The van der Waals surface area contributed by atoms with E-state index in [9.17, 15) is 4.79 Å². The number of hydrogen-bond acceptors (Lipinski definition) is 2. The molecule has 4 aromatic carbocycles. The fourth-order valence-corrected chi connectivity index (χ4v) is 4.61. The number of carbonyl (C=O) groups is 2. The molecule has 2 aliphatic carbocycles. The van der Waals surface area contributed by atoms with Crippen molar-refractivity contribution >= 4 is 18.1 Å². The Labute approximate surface area is 195 Å². The highest BCUT2D eigenvalue weighted by molar-refractivity contribution is 5.99. The van der Waals surface area contributed by atoms with Crippen LogP contribution in [0.2, 0.25) is 0 Å². The first-order chi connectivity index (χ1) is 16.2. The van der Waals surface area contributed by atoms with Gasteiger partial charge in [0.25, 0.3) is 0 Å². The Balaban J connectivity index is 0.000000147. The molecular weight excluding hydrogens is 404 g/mol. The van der Waals surface area contributed by atoms with E-state index in [0.29, 0.717) is 6.42 Å². The second-order valence-corrected chi connectivity index (χ2v) is 8.19. The molecule has 0 N–H and O–H groups in total. The van der Waals surface area contributed by atoms with E-state index in [1.807, 2.05) is 37.1 Å². The largest absolute Gasteiger partial charge is 0.307 e. The van der Waals surface area contributed by atoms with Gasteiger partial charge in [0, 0.05) is 12.0 Å². The number of Topliss-reactive ketones (excluding diaryl/α,β-unsaturated/α-hetero) is 1. The van der Waals surface area contributed by atoms with Crippen LogP contribution in [0.3, 0.4) is 0 Å². The lowest BCUT2D eigenvalue weighted by Gasteiger charge is -2.21. The Morgan fingerprint density at radius 3 is 1.52 bits per heavy atom. The first kappa shape index (κ1) is 22.2. The summed E-state index contributed by atoms with van der Waals surface area (Å²) in [5.41, 5.74) is 11.1. The van der Waals surface area contributed by atoms with Gasteiger partial charge in [-0.1, -0.05) is 104 Å². The molecule has 0 bridgehead atoms. The van der Waals surface area contributed by atoms with Crippen LogP contribution in [0, 0.1) is 0 Å². The molecule has 33 heavy (non-hydrogen) atoms. The van der Waals surface area contributed by atoms with Crippen molar-refractivity contribution in [2.24, 2.45) is 0 Å². The van der Waals surface area contributed by atoms with Gasteiger partial charge in [0.05, 0.1) is 0 Å². The van der Waals surface area contributed by atoms with Crippen molar-refractivity contribution in [1.29, 1.82) is 0 Å². The van der Waals surface area contributed by atoms with Gasteiger partial charge in [0.1, 0.15) is 6.79 Å². The van der Waals surface area contributed by atoms with E-state index in [1.165, 1.54) is 39.0 Å². The number of ketones is 1. The summed E-state index contributed by atoms with van der Waals surface area (Å²) in [7, 11) is 0. The molecule has 0 heterocycles. The highest BCUT2D eigenvalue weighted by Crippen LogP contribution is 2.37. The molecule has 0 amide bonds. The van der Waals surface area contributed by atoms with E-state index in [-0.39, 0.29) is 5.78 Å². The SMILES string of the molecule is C=C1Cc2ccccc2-c2ccccc21.C=O.O=C1Cc2ccccc2Cc2ccccc21. The van der Waals surface area contributed by atoms with Crippen molar-refractivity contribution in [3.05, 3.63) is 137 Å². The lowest BCUT2D eigenvalue weighted by molar-refractivity contribution is -0.0980. The smallest absolute Gasteiger partial charge is 0.167 e. The molecule has 6 rings (SSSR count). The fourth-order valence-electron chi connectivity index (χ4n) is 4.61. The fraction of sp³-hybridized carbons (Fsp3) is 0.0968. The van der Waals surface area contributed by atoms with Gasteiger partial charge in [0.15, 0.2) is 5.78 Å². The molecule has 0 aliphatic heterocycles. The molecule has 2 heteroatoms. The third kappa shape index (κ3) is 4.61. The molecule has 4 aromatic rings. The van der Waals surface area contributed by atoms with Gasteiger partial charge in [-0.2, -0.15) is 0 Å². The number of benzene rings is 4. The average Bonchev–Trinajstić information content (AvgIpc) is 3.02. The van der Waals surface area contributed by atoms with Gasteiger partial charge in [-0.25, -0.2) is 0 Å². The summed E-state index contributed by atoms with van der Waals surface area (Å²) in [6.07, 6.45) is 2.39. The molecule has 0 atom stereocenters. The van der Waals surface area contributed by atoms with Crippen LogP contribution in [0.25, 0.3) is 16.7 Å². The molecule has 0 fully saturated rings. The Bertz CT molecular complexity index is 1320. The molecule has 0 unspecified atom stereocenters. The number of fused-ring (bicyclic) bond motifs is 5. The summed E-state index contributed by atoms with van der Waals surface area (Å²) < 4.78 is 0. The van der Waals surface area contributed by atoms with Crippen molar-refractivity contribution in [3.63, 3.8) is 0 Å². The minimum Gasteiger partial charge on any atom is -0.307 e. The quantitative estimate of drug-likeness (QED) is 0.309. The molecule has 0 radical (unpaired) electrons. The van der Waals surface area contributed by atoms with Crippen molar-refractivity contribution < 1.29 is 9.59 Å². The number of carbonyl (C=O) groups excluding carboxylic acids is 2. The second-order valence-electron chi connectivity index (χ2n) is 8.19. The summed E-state index contributed by atoms with van der Waals surface area (Å²) in [4.78, 5) is 20.1. The van der Waals surface area contributed by atoms with Gasteiger partial charge in [-0.3, -0.25) is 4.79 Å². The standard InChI is InChI=1S/C15H12O.C15H12.CH2O/c16-15-10-12-6-2-1-5-11(12)9-13-7-3-4-8-14(13)15;1-11-10-12-6-2-3-8-14(12)15-9-5-4-7-13(11)15;1-2/h1-8H,9-10H2;2-9H,1,10H2;1H2. The Kier molecular flexibility index (Phi) is 6.75. The molecule has 0 aromatic heterocycles. The summed E-state index contributed by atoms with van der Waals surface area (Å²) in [5, 5.41) is 0. The lowest BCUT2D eigenvalue weighted by atomic mass is 9.83. The number of rotatable bonds is 0. The van der Waals surface area contributed by atoms with Gasteiger partial charge < -0.3 is 4.79 Å². The maximum atomic E-state index is 12.1. The second kappa shape index (κ2) is 10.1. The van der Waals surface area contributed by atoms with Crippen molar-refractivity contribution in [2.45, 2.75) is 19.3 Å². The minimum atomic E-state index is 0.237. The molecule has 0 spiro atoms. The zero-order valence-electron chi connectivity index (χ0n) is 18.6. The molecule has 0 saturated heterocycles. The van der Waals surface area contributed by atoms with Crippen LogP contribution in [0.5, 0.6) is 0 Å². The minimum absolute atomic E-state index is 0.237.